The average Bonchev–Trinajstić information content (AvgIpc) is 3.90. The van der Waals surface area contributed by atoms with Gasteiger partial charge < -0.3 is 30.7 Å². The number of nitrogens with zero attached hydrogens (tertiary/aromatic N) is 5. The molecular weight excluding hydrogens is 720 g/mol. The van der Waals surface area contributed by atoms with Gasteiger partial charge in [0.25, 0.3) is 0 Å². The molecule has 0 radical (unpaired) electrons. The van der Waals surface area contributed by atoms with Crippen LogP contribution in [-0.2, 0) is 46.9 Å². The number of carboxylic acid groups (broad SMARTS) is 1. The van der Waals surface area contributed by atoms with E-state index in [0.29, 0.717) is 70.2 Å². The monoisotopic (exact) mass is 770 g/mol. The summed E-state index contributed by atoms with van der Waals surface area (Å²) in [5.41, 5.74) is 6.26. The molecule has 14 heteroatoms. The quantitative estimate of drug-likeness (QED) is 0.123. The van der Waals surface area contributed by atoms with Crippen LogP contribution in [0.25, 0.3) is 22.2 Å². The Balaban J connectivity index is 1.01. The lowest BCUT2D eigenvalue weighted by molar-refractivity contribution is -0.137. The Labute approximate surface area is 326 Å². The van der Waals surface area contributed by atoms with Crippen molar-refractivity contribution >= 4 is 46.2 Å². The largest absolute Gasteiger partial charge is 0.465 e. The van der Waals surface area contributed by atoms with Crippen molar-refractivity contribution in [2.24, 2.45) is 5.41 Å². The Morgan fingerprint density at radius 3 is 2.45 bits per heavy atom. The van der Waals surface area contributed by atoms with Crippen molar-refractivity contribution in [3.8, 4) is 11.1 Å². The standard InChI is InChI=1S/C41H51ClN8O5/c1-4-35-32(36(46-30-11-17-55-18-12-30)33-23-45-50(5-2)37(33)47-35)22-44-39(52)41(13-14-41)38(51)43-21-27-9-10-34(42)31(20-27)29-8-6-7-28(19-29)25-48-15-16-49(40(53)54)26(3)24-48/h6-10,19-20,23,26,30H,4-5,11-18,21-22,24-25H2,1-3H3,(H,43,51)(H,44,52)(H,46,47)(H,53,54)/t26-/m0/s1. The van der Waals surface area contributed by atoms with Crippen molar-refractivity contribution in [2.45, 2.75) is 91.1 Å². The summed E-state index contributed by atoms with van der Waals surface area (Å²) in [6, 6.07) is 14.1. The second-order valence-corrected chi connectivity index (χ2v) is 15.4. The zero-order valence-corrected chi connectivity index (χ0v) is 32.6. The number of aromatic nitrogens is 3. The van der Waals surface area contributed by atoms with Gasteiger partial charge in [-0.15, -0.1) is 0 Å². The van der Waals surface area contributed by atoms with Crippen molar-refractivity contribution in [3.05, 3.63) is 76.1 Å². The first kappa shape index (κ1) is 38.6. The predicted octanol–water partition coefficient (Wildman–Crippen LogP) is 5.82. The third kappa shape index (κ3) is 8.29. The number of nitrogens with one attached hydrogen (secondary N) is 3. The van der Waals surface area contributed by atoms with Crippen molar-refractivity contribution in [3.63, 3.8) is 0 Å². The molecule has 2 saturated heterocycles. The highest BCUT2D eigenvalue weighted by Gasteiger charge is 2.56. The lowest BCUT2D eigenvalue weighted by Gasteiger charge is -2.38. The summed E-state index contributed by atoms with van der Waals surface area (Å²) in [5.74, 6) is -0.560. The van der Waals surface area contributed by atoms with Crippen LogP contribution in [0.2, 0.25) is 5.02 Å². The first-order valence-electron chi connectivity index (χ1n) is 19.5. The molecule has 3 amide bonds. The molecule has 0 bridgehead atoms. The Morgan fingerprint density at radius 1 is 1.00 bits per heavy atom. The Bertz CT molecular complexity index is 2060. The SMILES string of the molecule is CCc1nc2c(cnn2CC)c(NC2CCOCC2)c1CNC(=O)C1(C(=O)NCc2ccc(Cl)c(-c3cccc(CN4CCN(C(=O)O)[C@@H](C)C4)c3)c2)CC1. The maximum absolute atomic E-state index is 13.8. The Kier molecular flexibility index (Phi) is 11.6. The Morgan fingerprint density at radius 2 is 1.76 bits per heavy atom. The van der Waals surface area contributed by atoms with Crippen molar-refractivity contribution in [1.29, 1.82) is 0 Å². The van der Waals surface area contributed by atoms with Gasteiger partial charge >= 0.3 is 6.09 Å². The summed E-state index contributed by atoms with van der Waals surface area (Å²) in [6.45, 7) is 11.2. The number of carbonyl (C=O) groups excluding carboxylic acids is 2. The molecular formula is C41H51ClN8O5. The van der Waals surface area contributed by atoms with E-state index >= 15 is 0 Å². The zero-order chi connectivity index (χ0) is 38.7. The number of hydrogen-bond acceptors (Lipinski definition) is 8. The number of ether oxygens (including phenoxy) is 1. The number of anilines is 1. The van der Waals surface area contributed by atoms with Crippen molar-refractivity contribution < 1.29 is 24.2 Å². The van der Waals surface area contributed by atoms with Gasteiger partial charge in [-0.1, -0.05) is 42.8 Å². The van der Waals surface area contributed by atoms with Crippen LogP contribution in [0.1, 0.15) is 68.8 Å². The fraction of sp³-hybridized carbons (Fsp3) is 0.488. The van der Waals surface area contributed by atoms with E-state index < -0.39 is 11.5 Å². The molecule has 1 atom stereocenters. The minimum absolute atomic E-state index is 0.0765. The third-order valence-electron chi connectivity index (χ3n) is 11.3. The van der Waals surface area contributed by atoms with Gasteiger partial charge in [0.05, 0.1) is 17.3 Å². The molecule has 1 saturated carbocycles. The summed E-state index contributed by atoms with van der Waals surface area (Å²) in [5, 5.41) is 25.5. The molecule has 4 heterocycles. The van der Waals surface area contributed by atoms with E-state index in [2.05, 4.69) is 45.0 Å². The molecule has 1 aliphatic carbocycles. The maximum Gasteiger partial charge on any atom is 0.407 e. The fourth-order valence-corrected chi connectivity index (χ4v) is 8.16. The number of rotatable bonds is 13. The zero-order valence-electron chi connectivity index (χ0n) is 31.9. The van der Waals surface area contributed by atoms with Gasteiger partial charge in [-0.05, 0) is 80.8 Å². The summed E-state index contributed by atoms with van der Waals surface area (Å²) < 4.78 is 7.49. The molecule has 3 aliphatic rings. The number of amides is 3. The summed E-state index contributed by atoms with van der Waals surface area (Å²) in [7, 11) is 0. The van der Waals surface area contributed by atoms with Gasteiger partial charge in [0.2, 0.25) is 11.8 Å². The maximum atomic E-state index is 13.8. The first-order valence-corrected chi connectivity index (χ1v) is 19.9. The highest BCUT2D eigenvalue weighted by Crippen LogP contribution is 2.46. The average molecular weight is 771 g/mol. The van der Waals surface area contributed by atoms with E-state index in [-0.39, 0.29) is 37.0 Å². The second kappa shape index (κ2) is 16.6. The molecule has 3 fully saturated rings. The second-order valence-electron chi connectivity index (χ2n) is 15.0. The molecule has 2 aromatic heterocycles. The molecule has 4 N–H and O–H groups in total. The van der Waals surface area contributed by atoms with Crippen molar-refractivity contribution in [2.75, 3.05) is 38.2 Å². The van der Waals surface area contributed by atoms with Gasteiger partial charge in [-0.3, -0.25) is 14.5 Å². The lowest BCUT2D eigenvalue weighted by atomic mass is 10.00. The number of carbonyl (C=O) groups is 3. The van der Waals surface area contributed by atoms with Gasteiger partial charge in [-0.2, -0.15) is 5.10 Å². The van der Waals surface area contributed by atoms with Crippen LogP contribution in [0.15, 0.2) is 48.7 Å². The molecule has 2 aliphatic heterocycles. The highest BCUT2D eigenvalue weighted by atomic mass is 35.5. The molecule has 0 spiro atoms. The predicted molar refractivity (Wildman–Crippen MR) is 212 cm³/mol. The summed E-state index contributed by atoms with van der Waals surface area (Å²) in [6.07, 6.45) is 4.40. The van der Waals surface area contributed by atoms with Crippen LogP contribution in [0.4, 0.5) is 10.5 Å². The van der Waals surface area contributed by atoms with Crippen LogP contribution < -0.4 is 16.0 Å². The third-order valence-corrected chi connectivity index (χ3v) is 11.6. The number of pyridine rings is 1. The molecule has 2 aromatic carbocycles. The van der Waals surface area contributed by atoms with E-state index in [0.717, 1.165) is 63.1 Å². The van der Waals surface area contributed by atoms with Gasteiger partial charge in [0.1, 0.15) is 5.41 Å². The van der Waals surface area contributed by atoms with Crippen LogP contribution in [0.5, 0.6) is 0 Å². The number of benzene rings is 2. The van der Waals surface area contributed by atoms with E-state index in [1.54, 1.807) is 0 Å². The van der Waals surface area contributed by atoms with Crippen LogP contribution in [-0.4, -0.2) is 92.5 Å². The van der Waals surface area contributed by atoms with Crippen LogP contribution >= 0.6 is 11.6 Å². The molecule has 292 valence electrons. The van der Waals surface area contributed by atoms with Gasteiger partial charge in [0.15, 0.2) is 5.65 Å². The fourth-order valence-electron chi connectivity index (χ4n) is 7.93. The van der Waals surface area contributed by atoms with Crippen LogP contribution in [0, 0.1) is 5.41 Å². The number of fused-ring (bicyclic) bond motifs is 1. The summed E-state index contributed by atoms with van der Waals surface area (Å²) >= 11 is 6.71. The highest BCUT2D eigenvalue weighted by molar-refractivity contribution is 6.33. The van der Waals surface area contributed by atoms with E-state index in [9.17, 15) is 19.5 Å². The van der Waals surface area contributed by atoms with Crippen LogP contribution in [0.3, 0.4) is 0 Å². The summed E-state index contributed by atoms with van der Waals surface area (Å²) in [4.78, 5) is 47.7. The minimum atomic E-state index is -1.11. The topological polar surface area (TPSA) is 154 Å². The number of hydrogen-bond donors (Lipinski definition) is 4. The first-order chi connectivity index (χ1) is 26.6. The van der Waals surface area contributed by atoms with Gasteiger partial charge in [-0.25, -0.2) is 14.5 Å². The Hall–Kier alpha value is -4.72. The van der Waals surface area contributed by atoms with E-state index in [1.807, 2.05) is 55.1 Å². The number of piperazine rings is 1. The molecule has 55 heavy (non-hydrogen) atoms. The van der Waals surface area contributed by atoms with Crippen molar-refractivity contribution in [1.82, 2.24) is 35.2 Å². The lowest BCUT2D eigenvalue weighted by Crippen LogP contribution is -2.53. The number of aryl methyl sites for hydroxylation is 2. The smallest absolute Gasteiger partial charge is 0.407 e. The normalized spacial score (nSPS) is 18.6. The minimum Gasteiger partial charge on any atom is -0.465 e. The molecule has 7 rings (SSSR count). The number of halogens is 1. The molecule has 13 nitrogen and oxygen atoms in total. The molecule has 4 aromatic rings. The van der Waals surface area contributed by atoms with E-state index in [1.165, 1.54) is 4.90 Å². The van der Waals surface area contributed by atoms with Gasteiger partial charge in [0, 0.05) is 93.0 Å². The molecule has 0 unspecified atom stereocenters. The van der Waals surface area contributed by atoms with E-state index in [4.69, 9.17) is 21.3 Å².